The first kappa shape index (κ1) is 11.9. The molecular formula is C11H16FNO2. The van der Waals surface area contributed by atoms with Crippen LogP contribution in [0.4, 0.5) is 10.1 Å². The zero-order valence-corrected chi connectivity index (χ0v) is 8.96. The molecule has 0 heterocycles. The molecule has 1 rings (SSSR count). The van der Waals surface area contributed by atoms with Crippen LogP contribution in [0.25, 0.3) is 0 Å². The van der Waals surface area contributed by atoms with Crippen LogP contribution in [0, 0.1) is 5.82 Å². The number of ether oxygens (including phenoxy) is 1. The average Bonchev–Trinajstić information content (AvgIpc) is 2.18. The summed E-state index contributed by atoms with van der Waals surface area (Å²) in [6, 6.07) is 6.11. The molecule has 0 aliphatic heterocycles. The number of anilines is 1. The maximum Gasteiger partial charge on any atom is 0.125 e. The lowest BCUT2D eigenvalue weighted by Gasteiger charge is -2.29. The highest BCUT2D eigenvalue weighted by Crippen LogP contribution is 2.16. The first-order valence-corrected chi connectivity index (χ1v) is 4.73. The van der Waals surface area contributed by atoms with Gasteiger partial charge in [0.15, 0.2) is 0 Å². The second-order valence-corrected chi connectivity index (χ2v) is 3.79. The Bertz CT molecular complexity index is 319. The van der Waals surface area contributed by atoms with Crippen LogP contribution in [0.3, 0.4) is 0 Å². The van der Waals surface area contributed by atoms with Gasteiger partial charge in [-0.25, -0.2) is 4.39 Å². The molecule has 1 aromatic carbocycles. The summed E-state index contributed by atoms with van der Waals surface area (Å²) >= 11 is 0. The zero-order chi connectivity index (χ0) is 11.3. The van der Waals surface area contributed by atoms with E-state index in [1.54, 1.807) is 26.2 Å². The molecule has 0 amide bonds. The highest BCUT2D eigenvalue weighted by molar-refractivity contribution is 5.45. The van der Waals surface area contributed by atoms with Crippen LogP contribution in [0.1, 0.15) is 6.92 Å². The number of aliphatic hydroxyl groups excluding tert-OH is 1. The summed E-state index contributed by atoms with van der Waals surface area (Å²) in [5.41, 5.74) is 0.0336. The van der Waals surface area contributed by atoms with Crippen molar-refractivity contribution in [3.05, 3.63) is 30.1 Å². The Morgan fingerprint density at radius 3 is 2.80 bits per heavy atom. The largest absolute Gasteiger partial charge is 0.394 e. The summed E-state index contributed by atoms with van der Waals surface area (Å²) in [4.78, 5) is 0. The third-order valence-corrected chi connectivity index (χ3v) is 2.08. The summed E-state index contributed by atoms with van der Waals surface area (Å²) in [5.74, 6) is -0.308. The third-order valence-electron chi connectivity index (χ3n) is 2.08. The van der Waals surface area contributed by atoms with Crippen molar-refractivity contribution < 1.29 is 14.2 Å². The van der Waals surface area contributed by atoms with Gasteiger partial charge in [0.25, 0.3) is 0 Å². The lowest BCUT2D eigenvalue weighted by Crippen LogP contribution is -2.43. The predicted molar refractivity (Wildman–Crippen MR) is 57.4 cm³/mol. The van der Waals surface area contributed by atoms with Crippen molar-refractivity contribution in [3.63, 3.8) is 0 Å². The fourth-order valence-electron chi connectivity index (χ4n) is 1.35. The Morgan fingerprint density at radius 2 is 2.27 bits per heavy atom. The number of aliphatic hydroxyl groups is 1. The summed E-state index contributed by atoms with van der Waals surface area (Å²) in [7, 11) is 1.56. The van der Waals surface area contributed by atoms with Crippen molar-refractivity contribution in [2.45, 2.75) is 12.5 Å². The molecule has 84 valence electrons. The van der Waals surface area contributed by atoms with Gasteiger partial charge in [0.2, 0.25) is 0 Å². The molecule has 0 aliphatic carbocycles. The van der Waals surface area contributed by atoms with Crippen molar-refractivity contribution in [1.29, 1.82) is 0 Å². The molecule has 15 heavy (non-hydrogen) atoms. The minimum Gasteiger partial charge on any atom is -0.394 e. The van der Waals surface area contributed by atoms with Crippen molar-refractivity contribution in [1.82, 2.24) is 0 Å². The minimum absolute atomic E-state index is 0.0860. The Hall–Kier alpha value is -1.13. The van der Waals surface area contributed by atoms with E-state index < -0.39 is 5.54 Å². The van der Waals surface area contributed by atoms with Crippen LogP contribution in [0.2, 0.25) is 0 Å². The second-order valence-electron chi connectivity index (χ2n) is 3.79. The molecule has 0 aliphatic rings. The predicted octanol–water partition coefficient (Wildman–Crippen LogP) is 1.64. The van der Waals surface area contributed by atoms with E-state index >= 15 is 0 Å². The molecule has 1 unspecified atom stereocenters. The molecule has 0 bridgehead atoms. The quantitative estimate of drug-likeness (QED) is 0.781. The monoisotopic (exact) mass is 213 g/mol. The Balaban J connectivity index is 2.74. The van der Waals surface area contributed by atoms with Gasteiger partial charge in [-0.05, 0) is 25.1 Å². The standard InChI is InChI=1S/C11H16FNO2/c1-11(7-14,8-15-2)13-10-5-3-4-9(12)6-10/h3-6,13-14H,7-8H2,1-2H3. The Labute approximate surface area is 88.9 Å². The summed E-state index contributed by atoms with van der Waals surface area (Å²) in [5, 5.41) is 12.2. The van der Waals surface area contributed by atoms with Gasteiger partial charge in [-0.1, -0.05) is 6.07 Å². The molecule has 0 saturated heterocycles. The highest BCUT2D eigenvalue weighted by atomic mass is 19.1. The van der Waals surface area contributed by atoms with Gasteiger partial charge < -0.3 is 15.2 Å². The van der Waals surface area contributed by atoms with E-state index in [2.05, 4.69) is 5.32 Å². The highest BCUT2D eigenvalue weighted by Gasteiger charge is 2.22. The van der Waals surface area contributed by atoms with E-state index in [9.17, 15) is 9.50 Å². The van der Waals surface area contributed by atoms with Gasteiger partial charge in [0, 0.05) is 12.8 Å². The number of methoxy groups -OCH3 is 1. The number of halogens is 1. The van der Waals surface area contributed by atoms with Crippen molar-refractivity contribution in [2.24, 2.45) is 0 Å². The fourth-order valence-corrected chi connectivity index (χ4v) is 1.35. The number of benzene rings is 1. The number of rotatable bonds is 5. The van der Waals surface area contributed by atoms with Crippen molar-refractivity contribution in [3.8, 4) is 0 Å². The Kier molecular flexibility index (Phi) is 4.05. The molecule has 3 nitrogen and oxygen atoms in total. The van der Waals surface area contributed by atoms with E-state index in [0.717, 1.165) is 0 Å². The lowest BCUT2D eigenvalue weighted by atomic mass is 10.0. The smallest absolute Gasteiger partial charge is 0.125 e. The third kappa shape index (κ3) is 3.49. The minimum atomic E-state index is -0.595. The van der Waals surface area contributed by atoms with Crippen LogP contribution < -0.4 is 5.32 Å². The maximum atomic E-state index is 12.9. The summed E-state index contributed by atoms with van der Waals surface area (Å²) in [6.45, 7) is 2.07. The molecule has 1 atom stereocenters. The molecule has 1 aromatic rings. The van der Waals surface area contributed by atoms with Crippen molar-refractivity contribution >= 4 is 5.69 Å². The number of hydrogen-bond acceptors (Lipinski definition) is 3. The molecule has 0 saturated carbocycles. The first-order valence-electron chi connectivity index (χ1n) is 4.73. The molecule has 0 spiro atoms. The SMILES string of the molecule is COCC(C)(CO)Nc1cccc(F)c1. The molecule has 0 radical (unpaired) electrons. The number of nitrogens with one attached hydrogen (secondary N) is 1. The fraction of sp³-hybridized carbons (Fsp3) is 0.455. The van der Waals surface area contributed by atoms with Gasteiger partial charge in [-0.3, -0.25) is 0 Å². The van der Waals surface area contributed by atoms with Gasteiger partial charge in [-0.15, -0.1) is 0 Å². The maximum absolute atomic E-state index is 12.9. The lowest BCUT2D eigenvalue weighted by molar-refractivity contribution is 0.108. The van der Waals surface area contributed by atoms with E-state index in [1.807, 2.05) is 0 Å². The molecule has 0 fully saturated rings. The first-order chi connectivity index (χ1) is 7.09. The van der Waals surface area contributed by atoms with E-state index in [0.29, 0.717) is 12.3 Å². The van der Waals surface area contributed by atoms with Gasteiger partial charge >= 0.3 is 0 Å². The molecule has 2 N–H and O–H groups in total. The summed E-state index contributed by atoms with van der Waals surface area (Å²) < 4.78 is 17.9. The van der Waals surface area contributed by atoms with Crippen LogP contribution in [-0.4, -0.2) is 31.0 Å². The number of hydrogen-bond donors (Lipinski definition) is 2. The van der Waals surface area contributed by atoms with Crippen LogP contribution in [0.15, 0.2) is 24.3 Å². The van der Waals surface area contributed by atoms with E-state index in [-0.39, 0.29) is 12.4 Å². The molecular weight excluding hydrogens is 197 g/mol. The van der Waals surface area contributed by atoms with Crippen molar-refractivity contribution in [2.75, 3.05) is 25.6 Å². The van der Waals surface area contributed by atoms with E-state index in [4.69, 9.17) is 4.74 Å². The van der Waals surface area contributed by atoms with Crippen LogP contribution >= 0.6 is 0 Å². The normalized spacial score (nSPS) is 14.7. The van der Waals surface area contributed by atoms with Gasteiger partial charge in [0.1, 0.15) is 5.82 Å². The average molecular weight is 213 g/mol. The molecule has 0 aromatic heterocycles. The van der Waals surface area contributed by atoms with E-state index in [1.165, 1.54) is 12.1 Å². The van der Waals surface area contributed by atoms with Crippen LogP contribution in [0.5, 0.6) is 0 Å². The summed E-state index contributed by atoms with van der Waals surface area (Å²) in [6.07, 6.45) is 0. The molecule has 4 heteroatoms. The van der Waals surface area contributed by atoms with Gasteiger partial charge in [0.05, 0.1) is 18.8 Å². The second kappa shape index (κ2) is 5.09. The zero-order valence-electron chi connectivity index (χ0n) is 8.96. The topological polar surface area (TPSA) is 41.5 Å². The van der Waals surface area contributed by atoms with Crippen LogP contribution in [-0.2, 0) is 4.74 Å². The Morgan fingerprint density at radius 1 is 1.53 bits per heavy atom. The van der Waals surface area contributed by atoms with Gasteiger partial charge in [-0.2, -0.15) is 0 Å².